The Balaban J connectivity index is 1.32. The Morgan fingerprint density at radius 2 is 0.722 bits per heavy atom. The average Bonchev–Trinajstić information content (AvgIpc) is 2.94. The van der Waals surface area contributed by atoms with Crippen LogP contribution < -0.4 is 0 Å². The van der Waals surface area contributed by atoms with E-state index in [2.05, 4.69) is 82.2 Å². The van der Waals surface area contributed by atoms with Crippen molar-refractivity contribution in [2.75, 3.05) is 0 Å². The Kier molecular flexibility index (Phi) is 6.70. The first-order valence-corrected chi connectivity index (χ1v) is 11.9. The van der Waals surface area contributed by atoms with Gasteiger partial charge in [-0.25, -0.2) is 9.97 Å². The highest BCUT2D eigenvalue weighted by atomic mass is 14.8. The van der Waals surface area contributed by atoms with Crippen molar-refractivity contribution in [3.63, 3.8) is 0 Å². The van der Waals surface area contributed by atoms with Crippen molar-refractivity contribution in [2.24, 2.45) is 0 Å². The van der Waals surface area contributed by atoms with Gasteiger partial charge in [0.25, 0.3) is 0 Å². The van der Waals surface area contributed by atoms with Crippen molar-refractivity contribution in [1.29, 1.82) is 0 Å². The highest BCUT2D eigenvalue weighted by Gasteiger charge is 2.05. The highest BCUT2D eigenvalue weighted by molar-refractivity contribution is 5.65. The van der Waals surface area contributed by atoms with E-state index in [9.17, 15) is 0 Å². The molecule has 0 unspecified atom stereocenters. The lowest BCUT2D eigenvalue weighted by molar-refractivity contribution is 1.02. The molecule has 0 fully saturated rings. The molecule has 36 heavy (non-hydrogen) atoms. The Bertz CT molecular complexity index is 1480. The summed E-state index contributed by atoms with van der Waals surface area (Å²) in [6.07, 6.45) is 0. The molecular formula is C34H24N2. The minimum Gasteiger partial charge on any atom is -0.240 e. The molecular weight excluding hydrogens is 436 g/mol. The average molecular weight is 461 g/mol. The zero-order valence-electron chi connectivity index (χ0n) is 20.3. The molecule has 0 saturated heterocycles. The van der Waals surface area contributed by atoms with Crippen LogP contribution in [0.25, 0.3) is 22.3 Å². The minimum atomic E-state index is 0.678. The molecule has 2 heteroatoms. The predicted molar refractivity (Wildman–Crippen MR) is 147 cm³/mol. The maximum Gasteiger partial charge on any atom is 0.135 e. The maximum atomic E-state index is 4.68. The Morgan fingerprint density at radius 3 is 1.08 bits per heavy atom. The van der Waals surface area contributed by atoms with Gasteiger partial charge in [0.05, 0.1) is 11.4 Å². The molecule has 5 aromatic rings. The molecule has 0 aliphatic rings. The van der Waals surface area contributed by atoms with Gasteiger partial charge in [0.15, 0.2) is 0 Å². The molecule has 1 aromatic heterocycles. The smallest absolute Gasteiger partial charge is 0.135 e. The van der Waals surface area contributed by atoms with Crippen LogP contribution in [0.2, 0.25) is 0 Å². The van der Waals surface area contributed by atoms with E-state index in [1.54, 1.807) is 0 Å². The minimum absolute atomic E-state index is 0.678. The van der Waals surface area contributed by atoms with Crippen LogP contribution in [-0.4, -0.2) is 9.97 Å². The second-order valence-corrected chi connectivity index (χ2v) is 8.48. The maximum absolute atomic E-state index is 4.68. The number of aromatic nitrogens is 2. The number of rotatable bonds is 2. The fourth-order valence-electron chi connectivity index (χ4n) is 3.86. The van der Waals surface area contributed by atoms with E-state index >= 15 is 0 Å². The van der Waals surface area contributed by atoms with Gasteiger partial charge in [0.1, 0.15) is 11.4 Å². The zero-order valence-corrected chi connectivity index (χ0v) is 20.3. The van der Waals surface area contributed by atoms with Crippen LogP contribution >= 0.6 is 0 Å². The summed E-state index contributed by atoms with van der Waals surface area (Å²) >= 11 is 0. The van der Waals surface area contributed by atoms with E-state index in [0.29, 0.717) is 11.4 Å². The fourth-order valence-corrected chi connectivity index (χ4v) is 3.86. The van der Waals surface area contributed by atoms with E-state index < -0.39 is 0 Å². The second kappa shape index (κ2) is 10.6. The lowest BCUT2D eigenvalue weighted by atomic mass is 10.0. The molecule has 1 heterocycles. The highest BCUT2D eigenvalue weighted by Crippen LogP contribution is 2.20. The topological polar surface area (TPSA) is 25.8 Å². The largest absolute Gasteiger partial charge is 0.240 e. The van der Waals surface area contributed by atoms with Gasteiger partial charge in [-0.3, -0.25) is 0 Å². The molecule has 0 bridgehead atoms. The van der Waals surface area contributed by atoms with E-state index in [1.807, 2.05) is 74.5 Å². The zero-order chi connectivity index (χ0) is 24.7. The second-order valence-electron chi connectivity index (χ2n) is 8.48. The first-order chi connectivity index (χ1) is 17.7. The van der Waals surface area contributed by atoms with Crippen molar-refractivity contribution in [3.8, 4) is 45.9 Å². The van der Waals surface area contributed by atoms with Gasteiger partial charge in [0, 0.05) is 11.1 Å². The first kappa shape index (κ1) is 22.9. The van der Waals surface area contributed by atoms with Gasteiger partial charge in [-0.05, 0) is 72.2 Å². The van der Waals surface area contributed by atoms with Gasteiger partial charge in [-0.15, -0.1) is 0 Å². The van der Waals surface area contributed by atoms with Crippen molar-refractivity contribution in [3.05, 3.63) is 143 Å². The van der Waals surface area contributed by atoms with Crippen LogP contribution in [0, 0.1) is 37.5 Å². The Hall–Kier alpha value is -4.92. The van der Waals surface area contributed by atoms with Crippen LogP contribution in [0.3, 0.4) is 0 Å². The summed E-state index contributed by atoms with van der Waals surface area (Å²) in [6, 6.07) is 37.1. The van der Waals surface area contributed by atoms with Gasteiger partial charge < -0.3 is 0 Å². The van der Waals surface area contributed by atoms with E-state index in [0.717, 1.165) is 22.5 Å². The summed E-state index contributed by atoms with van der Waals surface area (Å²) in [5.41, 5.74) is 9.52. The predicted octanol–water partition coefficient (Wildman–Crippen LogP) is 7.23. The van der Waals surface area contributed by atoms with Gasteiger partial charge in [0.2, 0.25) is 0 Å². The Labute approximate surface area is 212 Å². The van der Waals surface area contributed by atoms with Crippen molar-refractivity contribution in [2.45, 2.75) is 13.8 Å². The molecule has 0 radical (unpaired) electrons. The molecule has 5 rings (SSSR count). The van der Waals surface area contributed by atoms with Gasteiger partial charge >= 0.3 is 0 Å². The van der Waals surface area contributed by atoms with E-state index in [1.165, 1.54) is 22.3 Å². The van der Waals surface area contributed by atoms with Crippen LogP contribution in [-0.2, 0) is 0 Å². The summed E-state index contributed by atoms with van der Waals surface area (Å²) in [5.74, 6) is 12.8. The quantitative estimate of drug-likeness (QED) is 0.260. The molecule has 0 aliphatic carbocycles. The third-order valence-electron chi connectivity index (χ3n) is 5.88. The van der Waals surface area contributed by atoms with Crippen molar-refractivity contribution < 1.29 is 0 Å². The van der Waals surface area contributed by atoms with Crippen LogP contribution in [0.5, 0.6) is 0 Å². The van der Waals surface area contributed by atoms with Gasteiger partial charge in [-0.1, -0.05) is 96.8 Å². The SMILES string of the molecule is Cc1nc(C#Cc2ccc(-c3ccccc3)cc2)c(C)nc1C#Cc1ccc(-c2ccccc2)cc1. The van der Waals surface area contributed by atoms with Crippen molar-refractivity contribution in [1.82, 2.24) is 9.97 Å². The number of benzene rings is 4. The standard InChI is InChI=1S/C34H24N2/c1-25-33(23-17-27-13-19-31(20-14-27)29-9-5-3-6-10-29)36-26(2)34(35-25)24-18-28-15-21-32(22-16-28)30-11-7-4-8-12-30/h3-16,19-22H,1-2H3. The molecule has 0 aliphatic heterocycles. The molecule has 2 nitrogen and oxygen atoms in total. The molecule has 4 aromatic carbocycles. The fraction of sp³-hybridized carbons (Fsp3) is 0.0588. The number of hydrogen-bond acceptors (Lipinski definition) is 2. The number of aryl methyl sites for hydroxylation is 2. The van der Waals surface area contributed by atoms with Crippen molar-refractivity contribution >= 4 is 0 Å². The van der Waals surface area contributed by atoms with Gasteiger partial charge in [-0.2, -0.15) is 0 Å². The molecule has 0 N–H and O–H groups in total. The van der Waals surface area contributed by atoms with E-state index in [4.69, 9.17) is 0 Å². The summed E-state index contributed by atoms with van der Waals surface area (Å²) in [5, 5.41) is 0. The van der Waals surface area contributed by atoms with Crippen LogP contribution in [0.1, 0.15) is 33.9 Å². The molecule has 0 atom stereocenters. The Morgan fingerprint density at radius 1 is 0.389 bits per heavy atom. The summed E-state index contributed by atoms with van der Waals surface area (Å²) < 4.78 is 0. The third kappa shape index (κ3) is 5.41. The third-order valence-corrected chi connectivity index (χ3v) is 5.88. The first-order valence-electron chi connectivity index (χ1n) is 11.9. The van der Waals surface area contributed by atoms with E-state index in [-0.39, 0.29) is 0 Å². The molecule has 0 spiro atoms. The molecule has 0 saturated carbocycles. The number of nitrogens with zero attached hydrogens (tertiary/aromatic N) is 2. The number of hydrogen-bond donors (Lipinski definition) is 0. The lowest BCUT2D eigenvalue weighted by Gasteiger charge is -2.03. The monoisotopic (exact) mass is 460 g/mol. The van der Waals surface area contributed by atoms with Crippen LogP contribution in [0.15, 0.2) is 109 Å². The normalized spacial score (nSPS) is 10.1. The summed E-state index contributed by atoms with van der Waals surface area (Å²) in [6.45, 7) is 3.85. The molecule has 0 amide bonds. The summed E-state index contributed by atoms with van der Waals surface area (Å²) in [4.78, 5) is 9.36. The van der Waals surface area contributed by atoms with Crippen LogP contribution in [0.4, 0.5) is 0 Å². The summed E-state index contributed by atoms with van der Waals surface area (Å²) in [7, 11) is 0. The molecule has 170 valence electrons. The lowest BCUT2D eigenvalue weighted by Crippen LogP contribution is -2.00.